The molecule has 15 heavy (non-hydrogen) atoms. The monoisotopic (exact) mass is 240 g/mol. The zero-order valence-electron chi connectivity index (χ0n) is 9.93. The molecule has 92 valence electrons. The number of nitrogens with zero attached hydrogens (tertiary/aromatic N) is 1. The Bertz CT molecular complexity index is 272. The average molecular weight is 240 g/mol. The topological polar surface area (TPSA) is 63.6 Å². The fourth-order valence-electron chi connectivity index (χ4n) is 1.01. The highest BCUT2D eigenvalue weighted by Crippen LogP contribution is 1.99. The predicted molar refractivity (Wildman–Crippen MR) is 59.3 cm³/mol. The fourth-order valence-corrected chi connectivity index (χ4v) is 1.73. The molecule has 0 rings (SSSR count). The first-order chi connectivity index (χ1) is 6.62. The van der Waals surface area contributed by atoms with E-state index in [1.807, 2.05) is 27.9 Å². The smallest absolute Gasteiger partial charge is 0.270 e. The SMILES string of the molecule is CC(C)OCC[N+](C)(C)CCS(=O)(=O)O. The molecule has 0 heterocycles. The standard InChI is InChI=1S/C9H21NO4S/c1-9(2)14-7-5-10(3,4)6-8-15(11,12)13/h9H,5-8H2,1-4H3/p+1. The van der Waals surface area contributed by atoms with Crippen LogP contribution in [0, 0.1) is 0 Å². The lowest BCUT2D eigenvalue weighted by Gasteiger charge is -2.29. The Balaban J connectivity index is 3.87. The van der Waals surface area contributed by atoms with Gasteiger partial charge in [0, 0.05) is 0 Å². The minimum atomic E-state index is -3.86. The van der Waals surface area contributed by atoms with Crippen molar-refractivity contribution in [3.8, 4) is 0 Å². The second kappa shape index (κ2) is 5.79. The molecule has 0 aromatic carbocycles. The summed E-state index contributed by atoms with van der Waals surface area (Å²) in [6.07, 6.45) is 0.187. The summed E-state index contributed by atoms with van der Waals surface area (Å²) in [7, 11) is -0.0320. The van der Waals surface area contributed by atoms with Gasteiger partial charge < -0.3 is 9.22 Å². The zero-order valence-corrected chi connectivity index (χ0v) is 10.7. The molecule has 0 atom stereocenters. The summed E-state index contributed by atoms with van der Waals surface area (Å²) in [6.45, 7) is 5.63. The van der Waals surface area contributed by atoms with E-state index in [0.717, 1.165) is 6.54 Å². The summed E-state index contributed by atoms with van der Waals surface area (Å²) in [4.78, 5) is 0. The van der Waals surface area contributed by atoms with Crippen molar-refractivity contribution in [2.45, 2.75) is 20.0 Å². The molecule has 0 amide bonds. The Morgan fingerprint density at radius 2 is 1.80 bits per heavy atom. The predicted octanol–water partition coefficient (Wildman–Crippen LogP) is 0.376. The first kappa shape index (κ1) is 14.8. The summed E-state index contributed by atoms with van der Waals surface area (Å²) >= 11 is 0. The Morgan fingerprint density at radius 3 is 2.20 bits per heavy atom. The van der Waals surface area contributed by atoms with E-state index in [1.165, 1.54) is 0 Å². The molecule has 0 spiro atoms. The van der Waals surface area contributed by atoms with Crippen LogP contribution >= 0.6 is 0 Å². The number of hydrogen-bond donors (Lipinski definition) is 1. The van der Waals surface area contributed by atoms with Crippen molar-refractivity contribution < 1.29 is 22.2 Å². The van der Waals surface area contributed by atoms with E-state index >= 15 is 0 Å². The molecule has 0 unspecified atom stereocenters. The average Bonchev–Trinajstić information content (AvgIpc) is 1.99. The van der Waals surface area contributed by atoms with Gasteiger partial charge in [0.25, 0.3) is 10.1 Å². The first-order valence-electron chi connectivity index (χ1n) is 5.01. The van der Waals surface area contributed by atoms with Crippen molar-refractivity contribution in [1.82, 2.24) is 0 Å². The van der Waals surface area contributed by atoms with Crippen molar-refractivity contribution in [2.24, 2.45) is 0 Å². The first-order valence-corrected chi connectivity index (χ1v) is 6.62. The van der Waals surface area contributed by atoms with Gasteiger partial charge in [-0.1, -0.05) is 0 Å². The van der Waals surface area contributed by atoms with Crippen molar-refractivity contribution in [2.75, 3.05) is 39.5 Å². The Morgan fingerprint density at radius 1 is 1.27 bits per heavy atom. The van der Waals surface area contributed by atoms with E-state index in [2.05, 4.69) is 0 Å². The maximum absolute atomic E-state index is 10.6. The molecule has 0 aromatic heterocycles. The van der Waals surface area contributed by atoms with Crippen molar-refractivity contribution >= 4 is 10.1 Å². The molecule has 0 aromatic rings. The van der Waals surface area contributed by atoms with Crippen LogP contribution in [0.4, 0.5) is 0 Å². The van der Waals surface area contributed by atoms with Gasteiger partial charge >= 0.3 is 0 Å². The highest BCUT2D eigenvalue weighted by Gasteiger charge is 2.18. The van der Waals surface area contributed by atoms with Crippen molar-refractivity contribution in [3.63, 3.8) is 0 Å². The highest BCUT2D eigenvalue weighted by molar-refractivity contribution is 7.85. The van der Waals surface area contributed by atoms with Gasteiger partial charge in [-0.25, -0.2) is 0 Å². The van der Waals surface area contributed by atoms with Gasteiger partial charge in [-0.3, -0.25) is 4.55 Å². The number of hydrogen-bond acceptors (Lipinski definition) is 3. The van der Waals surface area contributed by atoms with Gasteiger partial charge in [-0.05, 0) is 13.8 Å². The third-order valence-electron chi connectivity index (χ3n) is 2.10. The molecule has 0 aliphatic carbocycles. The zero-order chi connectivity index (χ0) is 12.1. The maximum Gasteiger partial charge on any atom is 0.270 e. The summed E-state index contributed by atoms with van der Waals surface area (Å²) < 4.78 is 35.7. The second-order valence-corrected chi connectivity index (χ2v) is 6.16. The molecule has 6 heteroatoms. The molecule has 0 bridgehead atoms. The van der Waals surface area contributed by atoms with Gasteiger partial charge in [0.2, 0.25) is 0 Å². The van der Waals surface area contributed by atoms with Crippen LogP contribution in [0.1, 0.15) is 13.8 Å². The summed E-state index contributed by atoms with van der Waals surface area (Å²) in [6, 6.07) is 0. The van der Waals surface area contributed by atoms with Gasteiger partial charge in [-0.2, -0.15) is 8.42 Å². The summed E-state index contributed by atoms with van der Waals surface area (Å²) in [5, 5.41) is 0. The molecule has 5 nitrogen and oxygen atoms in total. The van der Waals surface area contributed by atoms with Crippen LogP contribution in [0.3, 0.4) is 0 Å². The van der Waals surface area contributed by atoms with Crippen LogP contribution in [0.25, 0.3) is 0 Å². The lowest BCUT2D eigenvalue weighted by molar-refractivity contribution is -0.888. The minimum Gasteiger partial charge on any atom is -0.373 e. The van der Waals surface area contributed by atoms with Gasteiger partial charge in [0.05, 0.1) is 33.4 Å². The molecule has 0 radical (unpaired) electrons. The Hall–Kier alpha value is -0.170. The largest absolute Gasteiger partial charge is 0.373 e. The Labute approximate surface area is 92.4 Å². The Kier molecular flexibility index (Phi) is 5.72. The third-order valence-corrected chi connectivity index (χ3v) is 2.80. The summed E-state index contributed by atoms with van der Waals surface area (Å²) in [5.74, 6) is -0.207. The lowest BCUT2D eigenvalue weighted by Crippen LogP contribution is -2.45. The van der Waals surface area contributed by atoms with Crippen molar-refractivity contribution in [3.05, 3.63) is 0 Å². The number of likely N-dealkylation sites (N-methyl/N-ethyl adjacent to an activating group) is 1. The van der Waals surface area contributed by atoms with Gasteiger partial charge in [0.15, 0.2) is 0 Å². The van der Waals surface area contributed by atoms with E-state index < -0.39 is 10.1 Å². The molecular weight excluding hydrogens is 218 g/mol. The molecular formula is C9H22NO4S+. The number of ether oxygens (including phenoxy) is 1. The normalized spacial score (nSPS) is 13.5. The van der Waals surface area contributed by atoms with E-state index in [4.69, 9.17) is 9.29 Å². The third kappa shape index (κ3) is 10.1. The van der Waals surface area contributed by atoms with E-state index in [1.54, 1.807) is 0 Å². The molecule has 0 saturated heterocycles. The summed E-state index contributed by atoms with van der Waals surface area (Å²) in [5.41, 5.74) is 0. The molecule has 1 N–H and O–H groups in total. The van der Waals surface area contributed by atoms with Gasteiger partial charge in [-0.15, -0.1) is 0 Å². The van der Waals surface area contributed by atoms with E-state index in [-0.39, 0.29) is 11.9 Å². The molecule has 0 aliphatic rings. The molecule has 0 aliphatic heterocycles. The molecule has 0 fully saturated rings. The van der Waals surface area contributed by atoms with E-state index in [9.17, 15) is 8.42 Å². The fraction of sp³-hybridized carbons (Fsp3) is 1.00. The van der Waals surface area contributed by atoms with Crippen LogP contribution in [0.2, 0.25) is 0 Å². The van der Waals surface area contributed by atoms with Crippen LogP contribution < -0.4 is 0 Å². The minimum absolute atomic E-state index is 0.187. The van der Waals surface area contributed by atoms with Crippen LogP contribution in [0.15, 0.2) is 0 Å². The maximum atomic E-state index is 10.6. The number of rotatable bonds is 7. The quantitative estimate of drug-likeness (QED) is 0.516. The van der Waals surface area contributed by atoms with Crippen molar-refractivity contribution in [1.29, 1.82) is 0 Å². The van der Waals surface area contributed by atoms with Crippen LogP contribution in [-0.2, 0) is 14.9 Å². The second-order valence-electron chi connectivity index (χ2n) is 4.59. The highest BCUT2D eigenvalue weighted by atomic mass is 32.2. The van der Waals surface area contributed by atoms with Crippen LogP contribution in [0.5, 0.6) is 0 Å². The van der Waals surface area contributed by atoms with E-state index in [0.29, 0.717) is 17.6 Å². The molecule has 0 saturated carbocycles. The lowest BCUT2D eigenvalue weighted by atomic mass is 10.4. The van der Waals surface area contributed by atoms with Crippen LogP contribution in [-0.4, -0.2) is 63.1 Å². The number of quaternary nitrogens is 1. The van der Waals surface area contributed by atoms with Gasteiger partial charge in [0.1, 0.15) is 12.3 Å².